The molecule has 96 valence electrons. The normalized spacial score (nSPS) is 9.67. The number of benzene rings is 1. The first-order chi connectivity index (χ1) is 8.62. The molecular weight excluding hydrogens is 226 g/mol. The molecule has 0 atom stereocenters. The lowest BCUT2D eigenvalue weighted by Crippen LogP contribution is -2.37. The molecule has 0 aliphatic rings. The average Bonchev–Trinajstić information content (AvgIpc) is 2.36. The summed E-state index contributed by atoms with van der Waals surface area (Å²) in [5.74, 6) is -0.0234. The number of likely N-dealkylation sites (N-methyl/N-ethyl adjacent to an activating group) is 2. The van der Waals surface area contributed by atoms with Crippen LogP contribution in [-0.2, 0) is 4.79 Å². The number of hydrogen-bond donors (Lipinski definition) is 1. The fraction of sp³-hybridized carbons (Fsp3) is 0.429. The van der Waals surface area contributed by atoms with E-state index in [1.807, 2.05) is 37.8 Å². The van der Waals surface area contributed by atoms with Crippen LogP contribution >= 0.6 is 0 Å². The molecule has 1 aromatic carbocycles. The second-order valence-electron chi connectivity index (χ2n) is 4.10. The van der Waals surface area contributed by atoms with Gasteiger partial charge in [-0.25, -0.2) is 0 Å². The van der Waals surface area contributed by atoms with E-state index in [0.717, 1.165) is 11.3 Å². The Bertz CT molecular complexity index is 463. The summed E-state index contributed by atoms with van der Waals surface area (Å²) in [7, 11) is 0. The summed E-state index contributed by atoms with van der Waals surface area (Å²) in [6.45, 7) is 7.43. The third-order valence-electron chi connectivity index (χ3n) is 2.70. The summed E-state index contributed by atoms with van der Waals surface area (Å²) in [6.07, 6.45) is 0. The first-order valence-electron chi connectivity index (χ1n) is 6.14. The quantitative estimate of drug-likeness (QED) is 0.861. The largest absolute Gasteiger partial charge is 0.361 e. The van der Waals surface area contributed by atoms with Gasteiger partial charge < -0.3 is 10.2 Å². The van der Waals surface area contributed by atoms with Gasteiger partial charge in [-0.15, -0.1) is 0 Å². The van der Waals surface area contributed by atoms with Gasteiger partial charge in [0.1, 0.15) is 6.07 Å². The molecule has 0 bridgehead atoms. The number of hydrogen-bond acceptors (Lipinski definition) is 3. The van der Waals surface area contributed by atoms with Gasteiger partial charge >= 0.3 is 0 Å². The van der Waals surface area contributed by atoms with Crippen LogP contribution in [0.5, 0.6) is 0 Å². The van der Waals surface area contributed by atoms with Crippen LogP contribution in [0.25, 0.3) is 0 Å². The first-order valence-corrected chi connectivity index (χ1v) is 6.14. The van der Waals surface area contributed by atoms with Gasteiger partial charge in [0.05, 0.1) is 17.8 Å². The van der Waals surface area contributed by atoms with E-state index in [2.05, 4.69) is 11.4 Å². The SMILES string of the molecule is CCNC(=O)CN(CC)c1cc(C)ccc1C#N. The van der Waals surface area contributed by atoms with Crippen LogP contribution in [0, 0.1) is 18.3 Å². The Morgan fingerprint density at radius 1 is 1.44 bits per heavy atom. The first kappa shape index (κ1) is 14.0. The van der Waals surface area contributed by atoms with E-state index in [-0.39, 0.29) is 12.5 Å². The Labute approximate surface area is 108 Å². The Balaban J connectivity index is 2.98. The molecule has 4 heteroatoms. The maximum atomic E-state index is 11.6. The standard InChI is InChI=1S/C14H19N3O/c1-4-16-14(18)10-17(5-2)13-8-11(3)6-7-12(13)9-15/h6-8H,4-5,10H2,1-3H3,(H,16,18). The van der Waals surface area contributed by atoms with Crippen LogP contribution in [0.15, 0.2) is 18.2 Å². The molecule has 1 aromatic rings. The maximum absolute atomic E-state index is 11.6. The molecule has 18 heavy (non-hydrogen) atoms. The van der Waals surface area contributed by atoms with E-state index in [1.54, 1.807) is 6.07 Å². The molecule has 0 unspecified atom stereocenters. The molecule has 0 spiro atoms. The highest BCUT2D eigenvalue weighted by atomic mass is 16.2. The van der Waals surface area contributed by atoms with Crippen LogP contribution < -0.4 is 10.2 Å². The fourth-order valence-electron chi connectivity index (χ4n) is 1.79. The van der Waals surface area contributed by atoms with Crippen molar-refractivity contribution < 1.29 is 4.79 Å². The summed E-state index contributed by atoms with van der Waals surface area (Å²) in [5, 5.41) is 11.9. The van der Waals surface area contributed by atoms with Crippen molar-refractivity contribution in [3.63, 3.8) is 0 Å². The number of rotatable bonds is 5. The molecule has 0 aliphatic heterocycles. The predicted octanol–water partition coefficient (Wildman–Crippen LogP) is 1.83. The molecule has 0 radical (unpaired) electrons. The van der Waals surface area contributed by atoms with Crippen molar-refractivity contribution in [1.82, 2.24) is 5.32 Å². The molecule has 1 amide bonds. The highest BCUT2D eigenvalue weighted by Crippen LogP contribution is 2.21. The zero-order chi connectivity index (χ0) is 13.5. The summed E-state index contributed by atoms with van der Waals surface area (Å²) in [4.78, 5) is 13.5. The van der Waals surface area contributed by atoms with Crippen LogP contribution in [0.1, 0.15) is 25.0 Å². The Morgan fingerprint density at radius 2 is 2.17 bits per heavy atom. The fourth-order valence-corrected chi connectivity index (χ4v) is 1.79. The van der Waals surface area contributed by atoms with Crippen molar-refractivity contribution >= 4 is 11.6 Å². The predicted molar refractivity (Wildman–Crippen MR) is 72.5 cm³/mol. The number of carbonyl (C=O) groups excluding carboxylic acids is 1. The lowest BCUT2D eigenvalue weighted by atomic mass is 10.1. The zero-order valence-corrected chi connectivity index (χ0v) is 11.2. The molecule has 1 rings (SSSR count). The van der Waals surface area contributed by atoms with Crippen molar-refractivity contribution in [1.29, 1.82) is 5.26 Å². The average molecular weight is 245 g/mol. The molecule has 0 aromatic heterocycles. The van der Waals surface area contributed by atoms with Gasteiger partial charge in [0.2, 0.25) is 5.91 Å². The molecule has 4 nitrogen and oxygen atoms in total. The number of amides is 1. The number of nitriles is 1. The zero-order valence-electron chi connectivity index (χ0n) is 11.2. The summed E-state index contributed by atoms with van der Waals surface area (Å²) in [5.41, 5.74) is 2.51. The van der Waals surface area contributed by atoms with Crippen molar-refractivity contribution in [2.75, 3.05) is 24.5 Å². The lowest BCUT2D eigenvalue weighted by molar-refractivity contribution is -0.119. The van der Waals surface area contributed by atoms with E-state index in [4.69, 9.17) is 5.26 Å². The van der Waals surface area contributed by atoms with Gasteiger partial charge in [0, 0.05) is 13.1 Å². The summed E-state index contributed by atoms with van der Waals surface area (Å²) < 4.78 is 0. The van der Waals surface area contributed by atoms with Crippen LogP contribution in [0.2, 0.25) is 0 Å². The van der Waals surface area contributed by atoms with E-state index in [0.29, 0.717) is 18.7 Å². The van der Waals surface area contributed by atoms with Crippen LogP contribution in [-0.4, -0.2) is 25.5 Å². The molecule has 0 aliphatic carbocycles. The van der Waals surface area contributed by atoms with Crippen molar-refractivity contribution in [3.05, 3.63) is 29.3 Å². The van der Waals surface area contributed by atoms with Crippen LogP contribution in [0.3, 0.4) is 0 Å². The van der Waals surface area contributed by atoms with Gasteiger partial charge in [-0.3, -0.25) is 4.79 Å². The summed E-state index contributed by atoms with van der Waals surface area (Å²) >= 11 is 0. The number of aryl methyl sites for hydroxylation is 1. The second kappa shape index (κ2) is 6.65. The van der Waals surface area contributed by atoms with Gasteiger partial charge in [-0.05, 0) is 38.5 Å². The molecule has 0 fully saturated rings. The van der Waals surface area contributed by atoms with Gasteiger partial charge in [0.25, 0.3) is 0 Å². The van der Waals surface area contributed by atoms with E-state index >= 15 is 0 Å². The Morgan fingerprint density at radius 3 is 2.72 bits per heavy atom. The van der Waals surface area contributed by atoms with Crippen molar-refractivity contribution in [2.45, 2.75) is 20.8 Å². The van der Waals surface area contributed by atoms with Crippen molar-refractivity contribution in [3.8, 4) is 6.07 Å². The van der Waals surface area contributed by atoms with E-state index in [9.17, 15) is 4.79 Å². The highest BCUT2D eigenvalue weighted by Gasteiger charge is 2.13. The van der Waals surface area contributed by atoms with Gasteiger partial charge in [0.15, 0.2) is 0 Å². The van der Waals surface area contributed by atoms with Gasteiger partial charge in [-0.2, -0.15) is 5.26 Å². The second-order valence-corrected chi connectivity index (χ2v) is 4.10. The third-order valence-corrected chi connectivity index (χ3v) is 2.70. The topological polar surface area (TPSA) is 56.1 Å². The van der Waals surface area contributed by atoms with Crippen LogP contribution in [0.4, 0.5) is 5.69 Å². The molecule has 1 N–H and O–H groups in total. The lowest BCUT2D eigenvalue weighted by Gasteiger charge is -2.23. The Hall–Kier alpha value is -2.02. The Kier molecular flexibility index (Phi) is 5.19. The van der Waals surface area contributed by atoms with Crippen molar-refractivity contribution in [2.24, 2.45) is 0 Å². The maximum Gasteiger partial charge on any atom is 0.239 e. The molecule has 0 heterocycles. The number of carbonyl (C=O) groups is 1. The number of anilines is 1. The third kappa shape index (κ3) is 3.49. The molecule has 0 saturated heterocycles. The van der Waals surface area contributed by atoms with E-state index in [1.165, 1.54) is 0 Å². The minimum atomic E-state index is -0.0234. The number of nitrogens with zero attached hydrogens (tertiary/aromatic N) is 2. The minimum absolute atomic E-state index is 0.0234. The highest BCUT2D eigenvalue weighted by molar-refractivity contribution is 5.82. The molecule has 0 saturated carbocycles. The number of nitrogens with one attached hydrogen (secondary N) is 1. The van der Waals surface area contributed by atoms with Gasteiger partial charge in [-0.1, -0.05) is 6.07 Å². The van der Waals surface area contributed by atoms with E-state index < -0.39 is 0 Å². The minimum Gasteiger partial charge on any atom is -0.361 e. The smallest absolute Gasteiger partial charge is 0.239 e. The summed E-state index contributed by atoms with van der Waals surface area (Å²) in [6, 6.07) is 7.82. The molecular formula is C14H19N3O. The monoisotopic (exact) mass is 245 g/mol.